The summed E-state index contributed by atoms with van der Waals surface area (Å²) in [7, 11) is 0. The number of amides is 1. The second kappa shape index (κ2) is 7.09. The number of hydrogen-bond acceptors (Lipinski definition) is 5. The minimum atomic E-state index is -4.81. The van der Waals surface area contributed by atoms with Crippen molar-refractivity contribution in [3.8, 4) is 0 Å². The Morgan fingerprint density at radius 3 is 2.30 bits per heavy atom. The molecule has 0 spiro atoms. The van der Waals surface area contributed by atoms with Gasteiger partial charge in [0, 0.05) is 19.9 Å². The van der Waals surface area contributed by atoms with Gasteiger partial charge in [-0.3, -0.25) is 9.59 Å². The largest absolute Gasteiger partial charge is 0.465 e. The quantitative estimate of drug-likeness (QED) is 0.607. The van der Waals surface area contributed by atoms with Crippen molar-refractivity contribution in [3.05, 3.63) is 34.9 Å². The molecule has 1 aliphatic heterocycles. The van der Waals surface area contributed by atoms with Crippen molar-refractivity contribution in [3.63, 3.8) is 0 Å². The summed E-state index contributed by atoms with van der Waals surface area (Å²) >= 11 is 0. The van der Waals surface area contributed by atoms with E-state index in [1.807, 2.05) is 0 Å². The molecule has 2 N–H and O–H groups in total. The monoisotopic (exact) mass is 389 g/mol. The second-order valence-corrected chi connectivity index (χ2v) is 6.65. The molecule has 1 saturated heterocycles. The van der Waals surface area contributed by atoms with E-state index >= 15 is 0 Å². The third-order valence-corrected chi connectivity index (χ3v) is 3.81. The molecular weight excluding hydrogens is 371 g/mol. The Morgan fingerprint density at radius 1 is 1.26 bits per heavy atom. The molecule has 27 heavy (non-hydrogen) atoms. The maximum Gasteiger partial charge on any atom is 0.416 e. The molecule has 148 valence electrons. The van der Waals surface area contributed by atoms with Crippen LogP contribution in [0.25, 0.3) is 0 Å². The topological polar surface area (TPSA) is 102 Å². The molecule has 1 unspecified atom stereocenters. The van der Waals surface area contributed by atoms with Crippen molar-refractivity contribution < 1.29 is 42.1 Å². The Morgan fingerprint density at radius 2 is 1.81 bits per heavy atom. The maximum absolute atomic E-state index is 13.4. The van der Waals surface area contributed by atoms with Crippen molar-refractivity contribution >= 4 is 18.0 Å². The van der Waals surface area contributed by atoms with Gasteiger partial charge in [-0.15, -0.1) is 0 Å². The number of rotatable bonds is 4. The summed E-state index contributed by atoms with van der Waals surface area (Å²) in [6, 6.07) is 2.36. The van der Waals surface area contributed by atoms with Crippen LogP contribution in [-0.4, -0.2) is 35.0 Å². The summed E-state index contributed by atoms with van der Waals surface area (Å²) in [5.41, 5.74) is -1.44. The first-order chi connectivity index (χ1) is 12.3. The van der Waals surface area contributed by atoms with Gasteiger partial charge < -0.3 is 19.9 Å². The van der Waals surface area contributed by atoms with Gasteiger partial charge in [0.25, 0.3) is 5.79 Å². The number of halogens is 3. The number of benzene rings is 1. The Balaban J connectivity index is 2.45. The fraction of sp³-hybridized carbons (Fsp3) is 0.471. The van der Waals surface area contributed by atoms with Gasteiger partial charge in [0.2, 0.25) is 0 Å². The lowest BCUT2D eigenvalue weighted by molar-refractivity contribution is -0.234. The number of nitrogens with one attached hydrogen (secondary N) is 1. The first-order valence-corrected chi connectivity index (χ1v) is 7.95. The first kappa shape index (κ1) is 20.5. The molecule has 0 bridgehead atoms. The van der Waals surface area contributed by atoms with E-state index in [1.54, 1.807) is 0 Å². The predicted octanol–water partition coefficient (Wildman–Crippen LogP) is 2.82. The highest BCUT2D eigenvalue weighted by molar-refractivity contribution is 6.02. The van der Waals surface area contributed by atoms with Crippen LogP contribution in [0.4, 0.5) is 18.0 Å². The molecule has 0 aromatic heterocycles. The summed E-state index contributed by atoms with van der Waals surface area (Å²) in [6.07, 6.45) is -6.04. The van der Waals surface area contributed by atoms with Gasteiger partial charge in [-0.05, 0) is 30.5 Å². The molecular formula is C17H18F3NO6. The molecule has 1 aromatic carbocycles. The van der Waals surface area contributed by atoms with E-state index in [4.69, 9.17) is 14.6 Å². The molecule has 7 nitrogen and oxygen atoms in total. The Labute approximate surface area is 152 Å². The lowest BCUT2D eigenvalue weighted by atomic mass is 9.90. The zero-order chi connectivity index (χ0) is 20.6. The fourth-order valence-corrected chi connectivity index (χ4v) is 2.82. The number of carbonyl (C=O) groups is 3. The van der Waals surface area contributed by atoms with Crippen LogP contribution in [0, 0.1) is 0 Å². The average molecular weight is 389 g/mol. The number of hydrogen-bond donors (Lipinski definition) is 2. The van der Waals surface area contributed by atoms with Gasteiger partial charge >= 0.3 is 24.2 Å². The molecule has 2 rings (SSSR count). The van der Waals surface area contributed by atoms with Crippen LogP contribution in [-0.2, 0) is 31.7 Å². The molecule has 10 heteroatoms. The van der Waals surface area contributed by atoms with Crippen LogP contribution >= 0.6 is 0 Å². The summed E-state index contributed by atoms with van der Waals surface area (Å²) in [5.74, 6) is -5.73. The van der Waals surface area contributed by atoms with Crippen LogP contribution in [0.5, 0.6) is 0 Å². The van der Waals surface area contributed by atoms with Gasteiger partial charge in [-0.25, -0.2) is 4.79 Å². The summed E-state index contributed by atoms with van der Waals surface area (Å²) in [5, 5.41) is 10.9. The van der Waals surface area contributed by atoms with Crippen LogP contribution < -0.4 is 5.32 Å². The van der Waals surface area contributed by atoms with Crippen molar-refractivity contribution in [1.82, 2.24) is 5.32 Å². The lowest BCUT2D eigenvalue weighted by Gasteiger charge is -2.33. The zero-order valence-electron chi connectivity index (χ0n) is 14.7. The van der Waals surface area contributed by atoms with E-state index < -0.39 is 53.1 Å². The molecule has 1 aromatic rings. The van der Waals surface area contributed by atoms with E-state index in [1.165, 1.54) is 20.8 Å². The number of cyclic esters (lactones) is 2. The number of esters is 2. The second-order valence-electron chi connectivity index (χ2n) is 6.65. The van der Waals surface area contributed by atoms with Gasteiger partial charge in [0.15, 0.2) is 5.92 Å². The molecule has 1 atom stereocenters. The molecule has 0 saturated carbocycles. The number of carbonyl (C=O) groups excluding carboxylic acids is 2. The van der Waals surface area contributed by atoms with Gasteiger partial charge in [0.05, 0.1) is 5.56 Å². The molecule has 1 fully saturated rings. The third-order valence-electron chi connectivity index (χ3n) is 3.81. The SMILES string of the molecule is CC(Cc1ccc(C(F)(F)F)c(C2C(=O)OC(C)(C)OC2=O)c1)NC(=O)O. The molecule has 1 amide bonds. The number of ether oxygens (including phenoxy) is 2. The van der Waals surface area contributed by atoms with E-state index in [0.29, 0.717) is 5.56 Å². The van der Waals surface area contributed by atoms with Crippen LogP contribution in [0.1, 0.15) is 43.4 Å². The molecule has 0 radical (unpaired) electrons. The van der Waals surface area contributed by atoms with Crippen LogP contribution in [0.2, 0.25) is 0 Å². The van der Waals surface area contributed by atoms with E-state index in [-0.39, 0.29) is 6.42 Å². The predicted molar refractivity (Wildman–Crippen MR) is 84.8 cm³/mol. The fourth-order valence-electron chi connectivity index (χ4n) is 2.82. The van der Waals surface area contributed by atoms with Gasteiger partial charge in [0.1, 0.15) is 0 Å². The smallest absolute Gasteiger partial charge is 0.416 e. The van der Waals surface area contributed by atoms with Crippen molar-refractivity contribution in [2.45, 2.75) is 51.1 Å². The summed E-state index contributed by atoms with van der Waals surface area (Å²) in [4.78, 5) is 35.1. The average Bonchev–Trinajstić information content (AvgIpc) is 2.42. The van der Waals surface area contributed by atoms with Crippen molar-refractivity contribution in [1.29, 1.82) is 0 Å². The first-order valence-electron chi connectivity index (χ1n) is 7.95. The Bertz CT molecular complexity index is 754. The molecule has 1 aliphatic rings. The normalized spacial score (nSPS) is 18.4. The summed E-state index contributed by atoms with van der Waals surface area (Å²) < 4.78 is 50.0. The van der Waals surface area contributed by atoms with E-state index in [0.717, 1.165) is 18.2 Å². The minimum Gasteiger partial charge on any atom is -0.465 e. The lowest BCUT2D eigenvalue weighted by Crippen LogP contribution is -2.45. The van der Waals surface area contributed by atoms with Crippen LogP contribution in [0.3, 0.4) is 0 Å². The molecule has 1 heterocycles. The Kier molecular flexibility index (Phi) is 5.39. The number of alkyl halides is 3. The highest BCUT2D eigenvalue weighted by Gasteiger charge is 2.47. The van der Waals surface area contributed by atoms with E-state index in [9.17, 15) is 27.6 Å². The van der Waals surface area contributed by atoms with E-state index in [2.05, 4.69) is 5.32 Å². The molecule has 0 aliphatic carbocycles. The maximum atomic E-state index is 13.4. The van der Waals surface area contributed by atoms with Crippen molar-refractivity contribution in [2.75, 3.05) is 0 Å². The number of carboxylic acid groups (broad SMARTS) is 1. The highest BCUT2D eigenvalue weighted by atomic mass is 19.4. The van der Waals surface area contributed by atoms with Crippen molar-refractivity contribution in [2.24, 2.45) is 0 Å². The zero-order valence-corrected chi connectivity index (χ0v) is 14.7. The minimum absolute atomic E-state index is 0.0553. The third kappa shape index (κ3) is 4.89. The standard InChI is InChI=1S/C17H18F3NO6/c1-8(21-15(24)25)6-9-4-5-11(17(18,19)20)10(7-9)12-13(22)26-16(2,3)27-14(12)23/h4-5,7-8,12,21H,6H2,1-3H3,(H,24,25). The summed E-state index contributed by atoms with van der Waals surface area (Å²) in [6.45, 7) is 4.11. The van der Waals surface area contributed by atoms with Gasteiger partial charge in [-0.2, -0.15) is 13.2 Å². The van der Waals surface area contributed by atoms with Gasteiger partial charge in [-0.1, -0.05) is 12.1 Å². The highest BCUT2D eigenvalue weighted by Crippen LogP contribution is 2.39. The van der Waals surface area contributed by atoms with Crippen LogP contribution in [0.15, 0.2) is 18.2 Å². The Hall–Kier alpha value is -2.78.